The van der Waals surface area contributed by atoms with Crippen LogP contribution >= 0.6 is 31.0 Å². The molecule has 0 bridgehead atoms. The summed E-state index contributed by atoms with van der Waals surface area (Å²) >= 11 is 0. The summed E-state index contributed by atoms with van der Waals surface area (Å²) in [5, 5.41) is 31.9. The molecule has 20 atom stereocenters. The van der Waals surface area contributed by atoms with Crippen LogP contribution in [0.4, 0.5) is 23.3 Å². The van der Waals surface area contributed by atoms with Crippen LogP contribution in [0.1, 0.15) is 74.9 Å². The van der Waals surface area contributed by atoms with Crippen LogP contribution in [0.2, 0.25) is 18.1 Å². The summed E-state index contributed by atoms with van der Waals surface area (Å²) < 4.78 is 113. The zero-order valence-corrected chi connectivity index (χ0v) is 60.0. The monoisotopic (exact) mass is 1570 g/mol. The van der Waals surface area contributed by atoms with Gasteiger partial charge in [0.25, 0.3) is 0 Å². The summed E-state index contributed by atoms with van der Waals surface area (Å²) in [5.41, 5.74) is 34.8. The van der Waals surface area contributed by atoms with E-state index in [1.807, 2.05) is 33.9 Å². The lowest BCUT2D eigenvalue weighted by molar-refractivity contribution is -0.209. The highest BCUT2D eigenvalue weighted by atomic mass is 31.2. The van der Waals surface area contributed by atoms with Gasteiger partial charge in [0.1, 0.15) is 96.3 Å². The molecule has 0 radical (unpaired) electrons. The van der Waals surface area contributed by atoms with Crippen molar-refractivity contribution in [1.82, 2.24) is 111 Å². The van der Waals surface area contributed by atoms with E-state index in [0.29, 0.717) is 22.3 Å². The molecule has 0 aromatic carbocycles. The van der Waals surface area contributed by atoms with Crippen LogP contribution in [0.15, 0.2) is 50.6 Å². The van der Waals surface area contributed by atoms with Crippen LogP contribution in [-0.4, -0.2) is 214 Å². The number of fused-ring (bicyclic) bond motifs is 8. The number of ether oxygens (including phenoxy) is 4. The second kappa shape index (κ2) is 33.4. The molecule has 104 heavy (non-hydrogen) atoms. The van der Waals surface area contributed by atoms with E-state index in [0.717, 1.165) is 0 Å². The molecule has 6 saturated heterocycles. The molecule has 0 spiro atoms. The van der Waals surface area contributed by atoms with Crippen LogP contribution in [-0.2, 0) is 59.7 Å². The lowest BCUT2D eigenvalue weighted by Gasteiger charge is -2.42. The molecule has 52 heteroatoms. The van der Waals surface area contributed by atoms with E-state index in [4.69, 9.17) is 64.4 Å². The van der Waals surface area contributed by atoms with Gasteiger partial charge in [0, 0.05) is 12.0 Å². The van der Waals surface area contributed by atoms with Crippen molar-refractivity contribution in [2.24, 2.45) is 17.4 Å². The topological polar surface area (TPSA) is 727 Å². The van der Waals surface area contributed by atoms with Crippen LogP contribution in [0.25, 0.3) is 44.7 Å². The Morgan fingerprint density at radius 1 is 0.481 bits per heavy atom. The molecule has 6 aliphatic rings. The van der Waals surface area contributed by atoms with Crippen LogP contribution in [0.5, 0.6) is 0 Å². The van der Waals surface area contributed by atoms with E-state index < -0.39 is 163 Å². The maximum atomic E-state index is 13.8. The van der Waals surface area contributed by atoms with Gasteiger partial charge < -0.3 is 109 Å². The number of rotatable bonds is 6. The Balaban J connectivity index is 0.000000300. The number of anilines is 4. The minimum atomic E-state index is -4.92. The van der Waals surface area contributed by atoms with E-state index in [1.54, 1.807) is 16.1 Å². The predicted molar refractivity (Wildman–Crippen MR) is 375 cm³/mol. The van der Waals surface area contributed by atoms with Crippen molar-refractivity contribution in [3.63, 3.8) is 0 Å². The first kappa shape index (κ1) is 86.5. The molecule has 14 heterocycles. The van der Waals surface area contributed by atoms with Crippen molar-refractivity contribution in [2.45, 2.75) is 160 Å². The highest BCUT2D eigenvalue weighted by Gasteiger charge is 2.56. The van der Waals surface area contributed by atoms with Crippen LogP contribution in [0, 0.1) is 5.92 Å². The highest BCUT2D eigenvalue weighted by molar-refractivity contribution is 7.51. The molecular formula is C52H94N28O19P4Si-2. The molecule has 4 unspecified atom stereocenters. The second-order valence-electron chi connectivity index (χ2n) is 24.6. The van der Waals surface area contributed by atoms with E-state index >= 15 is 0 Å². The summed E-state index contributed by atoms with van der Waals surface area (Å²) in [6, 6.07) is -4.88. The molecule has 26 N–H and O–H groups in total. The van der Waals surface area contributed by atoms with Gasteiger partial charge in [-0.15, -0.1) is 0 Å². The fourth-order valence-electron chi connectivity index (χ4n) is 11.8. The molecule has 0 saturated carbocycles. The Bertz CT molecular complexity index is 4300. The van der Waals surface area contributed by atoms with Gasteiger partial charge in [0.05, 0.1) is 69.9 Å². The number of nitrogens with two attached hydrogens (primary N) is 6. The number of nitrogens with one attached hydrogen (secondary N) is 4. The van der Waals surface area contributed by atoms with Gasteiger partial charge in [-0.05, 0) is 32.2 Å². The first-order chi connectivity index (χ1) is 46.8. The first-order valence-electron chi connectivity index (χ1n) is 30.3. The molecular weight excluding hydrogens is 1470 g/mol. The number of aliphatic hydroxyl groups is 2. The molecule has 47 nitrogen and oxygen atoms in total. The van der Waals surface area contributed by atoms with Gasteiger partial charge >= 0.3 is 15.5 Å². The van der Waals surface area contributed by atoms with E-state index in [-0.39, 0.29) is 85.2 Å². The van der Waals surface area contributed by atoms with Crippen molar-refractivity contribution in [2.75, 3.05) is 63.5 Å². The lowest BCUT2D eigenvalue weighted by Crippen LogP contribution is -2.53. The Morgan fingerprint density at radius 2 is 0.769 bits per heavy atom. The smallest absolute Gasteiger partial charge is 0.403 e. The average molecular weight is 1570 g/mol. The Labute approximate surface area is 596 Å². The third-order valence-corrected chi connectivity index (χ3v) is 26.5. The van der Waals surface area contributed by atoms with E-state index in [1.165, 1.54) is 73.8 Å². The summed E-state index contributed by atoms with van der Waals surface area (Å²) in [6.45, 7) is 9.37. The zero-order chi connectivity index (χ0) is 71.6. The van der Waals surface area contributed by atoms with E-state index in [2.05, 4.69) is 91.6 Å². The molecule has 14 rings (SSSR count). The molecule has 6 aliphatic heterocycles. The molecule has 6 fully saturated rings. The summed E-state index contributed by atoms with van der Waals surface area (Å²) in [7, 11) is -18.9. The van der Waals surface area contributed by atoms with Crippen LogP contribution < -0.4 is 76.8 Å². The Morgan fingerprint density at radius 3 is 1.12 bits per heavy atom. The highest BCUT2D eigenvalue weighted by Crippen LogP contribution is 2.51. The maximum Gasteiger partial charge on any atom is 0.403 e. The summed E-state index contributed by atoms with van der Waals surface area (Å²) in [5.74, 6) is -0.162. The number of imidazole rings is 4. The quantitative estimate of drug-likeness (QED) is 0.0733. The third kappa shape index (κ3) is 17.1. The van der Waals surface area contributed by atoms with E-state index in [9.17, 15) is 48.0 Å². The van der Waals surface area contributed by atoms with Crippen LogP contribution in [0.3, 0.4) is 0 Å². The predicted octanol–water partition coefficient (Wildman–Crippen LogP) is -0.555. The molecule has 8 aromatic rings. The molecule has 0 amide bonds. The minimum Gasteiger partial charge on any atom is -0.766 e. The normalized spacial score (nSPS) is 33.7. The number of hydrogen-bond donors (Lipinski definition) is 16. The van der Waals surface area contributed by atoms with Gasteiger partial charge in [-0.2, -0.15) is 0 Å². The SMILES string of the molecule is C.C.C.CN.CN.C[C@@H]1[C@@H]2NP(=O)([O-])OC[C@H]3O[C@@H](n4cnc5c(N)ncnc54)[C@H](O[Si](C)(C)C(C)(C)C)[C@@H]3NP(=O)([O-])OC[C@H]2O[C@H]1n1cnc2c(N)ncnc21.N.N.Nc1ncnc2c1ncn2[C@@H]1O[C@@H]2COP(=O)(O)N[C@H]3[C@@H](O)[C@H](n4cnc5c(N)ncnc54)O[C@@H]3COP(=O)(O)N[C@H]2[C@H]1O. The number of aliphatic hydroxyl groups excluding tert-OH is 2. The third-order valence-electron chi connectivity index (χ3n) is 17.6. The fraction of sp³-hybridized carbons (Fsp3) is 0.615. The Kier molecular flexibility index (Phi) is 27.8. The maximum absolute atomic E-state index is 13.8. The second-order valence-corrected chi connectivity index (χ2v) is 35.5. The van der Waals surface area contributed by atoms with Gasteiger partial charge in [0.2, 0.25) is 15.5 Å². The summed E-state index contributed by atoms with van der Waals surface area (Å²) in [4.78, 5) is 98.2. The van der Waals surface area contributed by atoms with Crippen molar-refractivity contribution < 1.29 is 89.5 Å². The number of nitrogens with zero attached hydrogens (tertiary/aromatic N) is 16. The summed E-state index contributed by atoms with van der Waals surface area (Å²) in [6.07, 6.45) is -2.93. The fourth-order valence-corrected chi connectivity index (χ4v) is 17.6. The number of nitrogen functional groups attached to an aromatic ring is 4. The molecule has 0 aliphatic carbocycles. The van der Waals surface area contributed by atoms with Crippen molar-refractivity contribution in [3.8, 4) is 0 Å². The lowest BCUT2D eigenvalue weighted by atomic mass is 10.00. The van der Waals surface area contributed by atoms with Gasteiger partial charge in [-0.25, -0.2) is 84.2 Å². The molecule has 8 aromatic heterocycles. The Hall–Kier alpha value is -6.38. The first-order valence-corrected chi connectivity index (χ1v) is 39.4. The van der Waals surface area contributed by atoms with Gasteiger partial charge in [-0.3, -0.25) is 41.5 Å². The molecule has 582 valence electrons. The van der Waals surface area contributed by atoms with Crippen molar-refractivity contribution >= 4 is 107 Å². The van der Waals surface area contributed by atoms with Gasteiger partial charge in [0.15, 0.2) is 72.9 Å². The van der Waals surface area contributed by atoms with Gasteiger partial charge in [-0.1, -0.05) is 50.0 Å². The zero-order valence-electron chi connectivity index (χ0n) is 55.4. The number of hydrogen-bond acceptors (Lipinski definition) is 37. The standard InChI is InChI=1S/C27H42N12O9P2Si.C20H26N12O10P2.2CH5N.3CH4.2H3N/c1-13-16-14(46-25(13)38-11-34-18-21(28)30-9-32-23(18)38)7-44-50(42,43)37-17-15(8-45-49(40,41)36-16)47-26(20(17)48-51(5,6)27(2,3)4)39-12-35-19-22(29)31-10-33-24(19)39;21-15-11-17(25-3-23-15)31(5-27-11)19-13(33)9-7(41-19)1-39-43(35,36)30-10-8(2-40-44(37,38)29-9)42-20(14(10)34)32-6-28-12-16(22)24-4-26-18(12)32;2*1-2;;;;;/h9-17,20,25-26H,7-8H2,1-6H3,(H2,28,30,32)(H2,29,31,33)(H2,36,40,41)(H2,37,42,43);3-10,13-14,19-20,33-34H,1-2H2,(H2,21,23,25)(H2,22,24,26)(H2,29,37,38)(H2,30,35,36);2*2H2,1H3;3*1H4;2*1H3/p-2/t13-,14-,15-,16+,17-,20-,25-,26-;7-,8-,9-,10-,13-,14-,19-,20-;;;;;;;/m11......./s1. The van der Waals surface area contributed by atoms with Crippen molar-refractivity contribution in [1.29, 1.82) is 0 Å². The number of aromatic nitrogens is 16. The minimum absolute atomic E-state index is 0. The average Bonchev–Trinajstić information content (AvgIpc) is 1.60. The van der Waals surface area contributed by atoms with Crippen molar-refractivity contribution in [3.05, 3.63) is 50.6 Å². The largest absolute Gasteiger partial charge is 0.766 e.